The van der Waals surface area contributed by atoms with Gasteiger partial charge in [0.05, 0.1) is 11.2 Å². The Labute approximate surface area is 141 Å². The molecule has 0 saturated carbocycles. The summed E-state index contributed by atoms with van der Waals surface area (Å²) in [6.07, 6.45) is 2.44. The van der Waals surface area contributed by atoms with Gasteiger partial charge in [-0.1, -0.05) is 30.3 Å². The van der Waals surface area contributed by atoms with Crippen LogP contribution in [-0.4, -0.2) is 19.4 Å². The molecule has 24 heavy (non-hydrogen) atoms. The second kappa shape index (κ2) is 5.31. The first kappa shape index (κ1) is 15.1. The van der Waals surface area contributed by atoms with E-state index in [1.54, 1.807) is 22.6 Å². The molecule has 1 atom stereocenters. The lowest BCUT2D eigenvalue weighted by atomic mass is 10.1. The number of anilines is 1. The topological polar surface area (TPSA) is 50.3 Å². The van der Waals surface area contributed by atoms with E-state index in [9.17, 15) is 8.42 Å². The van der Waals surface area contributed by atoms with Crippen molar-refractivity contribution in [1.82, 2.24) is 4.98 Å². The summed E-state index contributed by atoms with van der Waals surface area (Å²) in [5.41, 5.74) is 3.38. The molecule has 4 rings (SSSR count). The molecule has 0 N–H and O–H groups in total. The molecule has 4 nitrogen and oxygen atoms in total. The molecule has 2 aromatic carbocycles. The highest BCUT2D eigenvalue weighted by Gasteiger charge is 2.36. The Kier molecular flexibility index (Phi) is 3.35. The monoisotopic (exact) mass is 338 g/mol. The fourth-order valence-corrected chi connectivity index (χ4v) is 5.32. The average Bonchev–Trinajstić information content (AvgIpc) is 2.90. The maximum atomic E-state index is 13.4. The molecule has 2 heterocycles. The summed E-state index contributed by atoms with van der Waals surface area (Å²) in [6.45, 7) is 3.90. The molecule has 0 radical (unpaired) electrons. The third-order valence-corrected chi connectivity index (χ3v) is 6.45. The number of sulfonamides is 1. The minimum Gasteiger partial charge on any atom is -0.263 e. The quantitative estimate of drug-likeness (QED) is 0.716. The largest absolute Gasteiger partial charge is 0.266 e. The van der Waals surface area contributed by atoms with Crippen molar-refractivity contribution in [2.45, 2.75) is 31.2 Å². The van der Waals surface area contributed by atoms with Gasteiger partial charge in [0.1, 0.15) is 4.90 Å². The number of aromatic nitrogens is 1. The van der Waals surface area contributed by atoms with Gasteiger partial charge in [0.2, 0.25) is 0 Å². The van der Waals surface area contributed by atoms with Crippen molar-refractivity contribution in [2.75, 3.05) is 4.31 Å². The zero-order valence-corrected chi connectivity index (χ0v) is 14.4. The molecule has 1 aliphatic rings. The Morgan fingerprint density at radius 3 is 2.75 bits per heavy atom. The number of rotatable bonds is 2. The Hall–Kier alpha value is -2.40. The van der Waals surface area contributed by atoms with Gasteiger partial charge in [0, 0.05) is 17.6 Å². The molecule has 1 unspecified atom stereocenters. The summed E-state index contributed by atoms with van der Waals surface area (Å²) < 4.78 is 28.3. The van der Waals surface area contributed by atoms with Crippen LogP contribution in [-0.2, 0) is 16.4 Å². The van der Waals surface area contributed by atoms with E-state index in [0.717, 1.165) is 28.6 Å². The lowest BCUT2D eigenvalue weighted by molar-refractivity contribution is 0.585. The lowest BCUT2D eigenvalue weighted by Crippen LogP contribution is -2.35. The fraction of sp³-hybridized carbons (Fsp3) is 0.211. The van der Waals surface area contributed by atoms with E-state index in [4.69, 9.17) is 0 Å². The van der Waals surface area contributed by atoms with E-state index in [0.29, 0.717) is 5.52 Å². The molecular weight excluding hydrogens is 320 g/mol. The summed E-state index contributed by atoms with van der Waals surface area (Å²) in [7, 11) is -3.67. The van der Waals surface area contributed by atoms with E-state index in [-0.39, 0.29) is 10.9 Å². The Bertz CT molecular complexity index is 1040. The third-order valence-electron chi connectivity index (χ3n) is 4.49. The molecule has 0 bridgehead atoms. The van der Waals surface area contributed by atoms with Crippen LogP contribution in [0.4, 0.5) is 5.69 Å². The number of nitrogens with zero attached hydrogens (tertiary/aromatic N) is 2. The van der Waals surface area contributed by atoms with E-state index < -0.39 is 10.0 Å². The molecule has 5 heteroatoms. The van der Waals surface area contributed by atoms with Crippen LogP contribution in [0.5, 0.6) is 0 Å². The molecule has 0 saturated heterocycles. The predicted octanol–water partition coefficient (Wildman–Crippen LogP) is 3.68. The maximum Gasteiger partial charge on any atom is 0.266 e. The molecule has 122 valence electrons. The van der Waals surface area contributed by atoms with Gasteiger partial charge < -0.3 is 0 Å². The van der Waals surface area contributed by atoms with Crippen molar-refractivity contribution < 1.29 is 8.42 Å². The second-order valence-electron chi connectivity index (χ2n) is 6.32. The Morgan fingerprint density at radius 2 is 1.92 bits per heavy atom. The molecule has 1 aliphatic heterocycles. The van der Waals surface area contributed by atoms with Crippen LogP contribution in [0.1, 0.15) is 18.1 Å². The van der Waals surface area contributed by atoms with Gasteiger partial charge in [0.25, 0.3) is 10.0 Å². The predicted molar refractivity (Wildman–Crippen MR) is 95.8 cm³/mol. The highest BCUT2D eigenvalue weighted by Crippen LogP contribution is 2.37. The highest BCUT2D eigenvalue weighted by molar-refractivity contribution is 7.93. The van der Waals surface area contributed by atoms with Gasteiger partial charge in [-0.2, -0.15) is 0 Å². The third kappa shape index (κ3) is 2.19. The lowest BCUT2D eigenvalue weighted by Gasteiger charge is -2.25. The van der Waals surface area contributed by atoms with Crippen LogP contribution >= 0.6 is 0 Å². The molecule has 0 spiro atoms. The first-order valence-corrected chi connectivity index (χ1v) is 9.40. The number of para-hydroxylation sites is 2. The summed E-state index contributed by atoms with van der Waals surface area (Å²) in [5.74, 6) is 0. The standard InChI is InChI=1S/C19H18N2O2S/c1-13-10-16-7-5-9-18(19(16)20-12-13)24(22,23)21-14(2)11-15-6-3-4-8-17(15)21/h3-10,12,14H,11H2,1-2H3. The van der Waals surface area contributed by atoms with Gasteiger partial charge >= 0.3 is 0 Å². The van der Waals surface area contributed by atoms with Crippen LogP contribution in [0.2, 0.25) is 0 Å². The zero-order valence-electron chi connectivity index (χ0n) is 13.6. The fourth-order valence-electron chi connectivity index (χ4n) is 3.46. The van der Waals surface area contributed by atoms with Crippen LogP contribution in [0.3, 0.4) is 0 Å². The van der Waals surface area contributed by atoms with Gasteiger partial charge in [-0.05, 0) is 49.6 Å². The first-order chi connectivity index (χ1) is 11.5. The maximum absolute atomic E-state index is 13.4. The van der Waals surface area contributed by atoms with Crippen molar-refractivity contribution in [3.8, 4) is 0 Å². The highest BCUT2D eigenvalue weighted by atomic mass is 32.2. The first-order valence-electron chi connectivity index (χ1n) is 7.96. The van der Waals surface area contributed by atoms with Crippen molar-refractivity contribution >= 4 is 26.6 Å². The smallest absolute Gasteiger partial charge is 0.263 e. The van der Waals surface area contributed by atoms with Crippen LogP contribution in [0, 0.1) is 6.92 Å². The van der Waals surface area contributed by atoms with Gasteiger partial charge in [-0.3, -0.25) is 9.29 Å². The summed E-state index contributed by atoms with van der Waals surface area (Å²) in [6, 6.07) is 14.9. The molecule has 0 fully saturated rings. The zero-order chi connectivity index (χ0) is 16.9. The van der Waals surface area contributed by atoms with Crippen LogP contribution in [0.15, 0.2) is 59.6 Å². The van der Waals surface area contributed by atoms with E-state index in [2.05, 4.69) is 4.98 Å². The minimum absolute atomic E-state index is 0.104. The van der Waals surface area contributed by atoms with E-state index in [1.165, 1.54) is 0 Å². The average molecular weight is 338 g/mol. The SMILES string of the molecule is Cc1cnc2c(S(=O)(=O)N3c4ccccc4CC3C)cccc2c1. The van der Waals surface area contributed by atoms with Crippen molar-refractivity contribution in [2.24, 2.45) is 0 Å². The number of hydrogen-bond acceptors (Lipinski definition) is 3. The Morgan fingerprint density at radius 1 is 1.12 bits per heavy atom. The van der Waals surface area contributed by atoms with Crippen molar-refractivity contribution in [3.63, 3.8) is 0 Å². The molecule has 0 amide bonds. The van der Waals surface area contributed by atoms with E-state index >= 15 is 0 Å². The number of pyridine rings is 1. The molecular formula is C19H18N2O2S. The number of fused-ring (bicyclic) bond motifs is 2. The van der Waals surface area contributed by atoms with Crippen molar-refractivity contribution in [1.29, 1.82) is 0 Å². The van der Waals surface area contributed by atoms with Crippen LogP contribution < -0.4 is 4.31 Å². The van der Waals surface area contributed by atoms with Crippen molar-refractivity contribution in [3.05, 3.63) is 65.9 Å². The van der Waals surface area contributed by atoms with E-state index in [1.807, 2.05) is 50.2 Å². The normalized spacial score (nSPS) is 17.2. The number of aryl methyl sites for hydroxylation is 1. The second-order valence-corrected chi connectivity index (χ2v) is 8.11. The summed E-state index contributed by atoms with van der Waals surface area (Å²) in [5, 5.41) is 0.844. The number of benzene rings is 2. The number of hydrogen-bond donors (Lipinski definition) is 0. The minimum atomic E-state index is -3.67. The van der Waals surface area contributed by atoms with Crippen LogP contribution in [0.25, 0.3) is 10.9 Å². The molecule has 1 aromatic heterocycles. The molecule has 0 aliphatic carbocycles. The Balaban J connectivity index is 1.94. The van der Waals surface area contributed by atoms with Gasteiger partial charge in [-0.15, -0.1) is 0 Å². The summed E-state index contributed by atoms with van der Waals surface area (Å²) >= 11 is 0. The van der Waals surface area contributed by atoms with Gasteiger partial charge in [0.15, 0.2) is 0 Å². The summed E-state index contributed by atoms with van der Waals surface area (Å²) in [4.78, 5) is 4.66. The van der Waals surface area contributed by atoms with Gasteiger partial charge in [-0.25, -0.2) is 8.42 Å². The molecule has 3 aromatic rings.